The van der Waals surface area contributed by atoms with Gasteiger partial charge in [0.25, 0.3) is 0 Å². The third kappa shape index (κ3) is 3.73. The highest BCUT2D eigenvalue weighted by molar-refractivity contribution is 5.68. The van der Waals surface area contributed by atoms with E-state index >= 15 is 0 Å². The van der Waals surface area contributed by atoms with Crippen LogP contribution in [0.1, 0.15) is 47.5 Å². The molecular weight excluding hydrogens is 190 g/mol. The van der Waals surface area contributed by atoms with Crippen LogP contribution in [-0.4, -0.2) is 29.2 Å². The second-order valence-corrected chi connectivity index (χ2v) is 5.65. The lowest BCUT2D eigenvalue weighted by Gasteiger charge is -2.37. The average Bonchev–Trinajstić information content (AvgIpc) is 1.99. The van der Waals surface area contributed by atoms with Gasteiger partial charge in [-0.2, -0.15) is 0 Å². The van der Waals surface area contributed by atoms with Gasteiger partial charge in [0, 0.05) is 12.6 Å². The normalized spacial score (nSPS) is 27.7. The van der Waals surface area contributed by atoms with E-state index in [9.17, 15) is 4.79 Å². The smallest absolute Gasteiger partial charge is 0.410 e. The highest BCUT2D eigenvalue weighted by Gasteiger charge is 2.29. The van der Waals surface area contributed by atoms with E-state index in [1.54, 1.807) is 0 Å². The Kier molecular flexibility index (Phi) is 3.63. The molecule has 15 heavy (non-hydrogen) atoms. The SMILES string of the molecule is C[C@H]1CCN(C(=O)OC(C)(C)C)[C@@H](C)C1. The van der Waals surface area contributed by atoms with Gasteiger partial charge in [-0.05, 0) is 46.5 Å². The Bertz CT molecular complexity index is 232. The molecule has 0 aromatic rings. The van der Waals surface area contributed by atoms with Crippen molar-refractivity contribution < 1.29 is 9.53 Å². The zero-order valence-corrected chi connectivity index (χ0v) is 10.5. The molecule has 0 saturated carbocycles. The Morgan fingerprint density at radius 1 is 1.33 bits per heavy atom. The molecule has 0 aliphatic carbocycles. The van der Waals surface area contributed by atoms with Crippen molar-refractivity contribution in [3.05, 3.63) is 0 Å². The summed E-state index contributed by atoms with van der Waals surface area (Å²) in [6, 6.07) is 0.309. The van der Waals surface area contributed by atoms with E-state index < -0.39 is 0 Å². The molecule has 0 unspecified atom stereocenters. The quantitative estimate of drug-likeness (QED) is 0.619. The molecule has 2 atom stereocenters. The maximum Gasteiger partial charge on any atom is 0.410 e. The molecule has 3 nitrogen and oxygen atoms in total. The van der Waals surface area contributed by atoms with Crippen LogP contribution < -0.4 is 0 Å². The van der Waals surface area contributed by atoms with Crippen molar-refractivity contribution in [3.8, 4) is 0 Å². The first-order chi connectivity index (χ1) is 6.79. The van der Waals surface area contributed by atoms with Gasteiger partial charge in [-0.1, -0.05) is 6.92 Å². The summed E-state index contributed by atoms with van der Waals surface area (Å²) < 4.78 is 5.37. The Labute approximate surface area is 92.8 Å². The van der Waals surface area contributed by atoms with Crippen LogP contribution in [0.4, 0.5) is 4.79 Å². The fourth-order valence-corrected chi connectivity index (χ4v) is 2.00. The van der Waals surface area contributed by atoms with Crippen LogP contribution in [0, 0.1) is 5.92 Å². The number of piperidine rings is 1. The molecule has 0 radical (unpaired) electrons. The molecule has 88 valence electrons. The molecule has 1 amide bonds. The topological polar surface area (TPSA) is 29.5 Å². The molecule has 1 rings (SSSR count). The number of hydrogen-bond donors (Lipinski definition) is 0. The molecule has 0 spiro atoms. The van der Waals surface area contributed by atoms with Crippen molar-refractivity contribution in [2.75, 3.05) is 6.54 Å². The van der Waals surface area contributed by atoms with Gasteiger partial charge in [-0.15, -0.1) is 0 Å². The van der Waals surface area contributed by atoms with Crippen LogP contribution in [-0.2, 0) is 4.74 Å². The molecular formula is C12H23NO2. The average molecular weight is 213 g/mol. The summed E-state index contributed by atoms with van der Waals surface area (Å²) in [5, 5.41) is 0. The molecule has 1 saturated heterocycles. The molecule has 0 aromatic heterocycles. The predicted molar refractivity (Wildman–Crippen MR) is 60.8 cm³/mol. The molecule has 0 bridgehead atoms. The largest absolute Gasteiger partial charge is 0.444 e. The number of nitrogens with zero attached hydrogens (tertiary/aromatic N) is 1. The van der Waals surface area contributed by atoms with Crippen molar-refractivity contribution in [1.82, 2.24) is 4.90 Å². The van der Waals surface area contributed by atoms with Crippen LogP contribution in [0.3, 0.4) is 0 Å². The van der Waals surface area contributed by atoms with Gasteiger partial charge in [-0.25, -0.2) is 4.79 Å². The van der Waals surface area contributed by atoms with E-state index in [-0.39, 0.29) is 11.7 Å². The lowest BCUT2D eigenvalue weighted by Crippen LogP contribution is -2.46. The Balaban J connectivity index is 2.53. The summed E-state index contributed by atoms with van der Waals surface area (Å²) in [5.74, 6) is 0.721. The van der Waals surface area contributed by atoms with Crippen molar-refractivity contribution >= 4 is 6.09 Å². The van der Waals surface area contributed by atoms with E-state index in [1.807, 2.05) is 25.7 Å². The molecule has 1 aliphatic rings. The third-order valence-electron chi connectivity index (χ3n) is 2.77. The van der Waals surface area contributed by atoms with Gasteiger partial charge in [0.2, 0.25) is 0 Å². The Hall–Kier alpha value is -0.730. The molecule has 1 aliphatic heterocycles. The van der Waals surface area contributed by atoms with Gasteiger partial charge < -0.3 is 9.64 Å². The summed E-state index contributed by atoms with van der Waals surface area (Å²) in [4.78, 5) is 13.7. The minimum atomic E-state index is -0.389. The minimum Gasteiger partial charge on any atom is -0.444 e. The van der Waals surface area contributed by atoms with Gasteiger partial charge in [0.05, 0.1) is 0 Å². The fraction of sp³-hybridized carbons (Fsp3) is 0.917. The van der Waals surface area contributed by atoms with Crippen LogP contribution in [0.5, 0.6) is 0 Å². The summed E-state index contributed by atoms with van der Waals surface area (Å²) >= 11 is 0. The highest BCUT2D eigenvalue weighted by atomic mass is 16.6. The summed E-state index contributed by atoms with van der Waals surface area (Å²) in [7, 11) is 0. The highest BCUT2D eigenvalue weighted by Crippen LogP contribution is 2.23. The van der Waals surface area contributed by atoms with Gasteiger partial charge in [-0.3, -0.25) is 0 Å². The standard InChI is InChI=1S/C12H23NO2/c1-9-6-7-13(10(2)8-9)11(14)15-12(3,4)5/h9-10H,6-8H2,1-5H3/t9-,10-/m0/s1. The zero-order valence-electron chi connectivity index (χ0n) is 10.5. The number of carbonyl (C=O) groups excluding carboxylic acids is 1. The number of hydrogen-bond acceptors (Lipinski definition) is 2. The number of carbonyl (C=O) groups is 1. The maximum absolute atomic E-state index is 11.8. The molecule has 1 fully saturated rings. The summed E-state index contributed by atoms with van der Waals surface area (Å²) in [6.07, 6.45) is 2.00. The predicted octanol–water partition coefficient (Wildman–Crippen LogP) is 3.04. The van der Waals surface area contributed by atoms with Gasteiger partial charge in [0.1, 0.15) is 5.60 Å². The second-order valence-electron chi connectivity index (χ2n) is 5.65. The van der Waals surface area contributed by atoms with Gasteiger partial charge in [0.15, 0.2) is 0 Å². The first kappa shape index (κ1) is 12.3. The van der Waals surface area contributed by atoms with Crippen LogP contribution in [0.15, 0.2) is 0 Å². The molecule has 1 heterocycles. The second kappa shape index (κ2) is 4.42. The van der Waals surface area contributed by atoms with E-state index in [0.29, 0.717) is 6.04 Å². The first-order valence-electron chi connectivity index (χ1n) is 5.79. The van der Waals surface area contributed by atoms with Crippen LogP contribution in [0.2, 0.25) is 0 Å². The van der Waals surface area contributed by atoms with E-state index in [4.69, 9.17) is 4.74 Å². The molecule has 0 aromatic carbocycles. The van der Waals surface area contributed by atoms with Gasteiger partial charge >= 0.3 is 6.09 Å². The minimum absolute atomic E-state index is 0.165. The monoisotopic (exact) mass is 213 g/mol. The zero-order chi connectivity index (χ0) is 11.6. The lowest BCUT2D eigenvalue weighted by atomic mass is 9.94. The summed E-state index contributed by atoms with van der Waals surface area (Å²) in [6.45, 7) is 10.9. The van der Waals surface area contributed by atoms with E-state index in [1.165, 1.54) is 0 Å². The lowest BCUT2D eigenvalue weighted by molar-refractivity contribution is 0.00806. The number of likely N-dealkylation sites (tertiary alicyclic amines) is 1. The number of ether oxygens (including phenoxy) is 1. The first-order valence-corrected chi connectivity index (χ1v) is 5.79. The van der Waals surface area contributed by atoms with E-state index in [2.05, 4.69) is 13.8 Å². The Morgan fingerprint density at radius 3 is 2.40 bits per heavy atom. The molecule has 3 heteroatoms. The van der Waals surface area contributed by atoms with Crippen molar-refractivity contribution in [3.63, 3.8) is 0 Å². The number of amides is 1. The Morgan fingerprint density at radius 2 is 1.93 bits per heavy atom. The summed E-state index contributed by atoms with van der Waals surface area (Å²) in [5.41, 5.74) is -0.389. The van der Waals surface area contributed by atoms with E-state index in [0.717, 1.165) is 25.3 Å². The van der Waals surface area contributed by atoms with Crippen molar-refractivity contribution in [2.24, 2.45) is 5.92 Å². The third-order valence-corrected chi connectivity index (χ3v) is 2.77. The maximum atomic E-state index is 11.8. The van der Waals surface area contributed by atoms with Crippen molar-refractivity contribution in [2.45, 2.75) is 59.1 Å². The van der Waals surface area contributed by atoms with Crippen LogP contribution in [0.25, 0.3) is 0 Å². The van der Waals surface area contributed by atoms with Crippen molar-refractivity contribution in [1.29, 1.82) is 0 Å². The number of rotatable bonds is 0. The molecule has 0 N–H and O–H groups in total. The fourth-order valence-electron chi connectivity index (χ4n) is 2.00. The van der Waals surface area contributed by atoms with Crippen LogP contribution >= 0.6 is 0 Å².